The fourth-order valence-corrected chi connectivity index (χ4v) is 5.77. The first-order chi connectivity index (χ1) is 19.3. The summed E-state index contributed by atoms with van der Waals surface area (Å²) in [6.45, 7) is 2.83. The molecule has 0 aliphatic rings. The quantitative estimate of drug-likeness (QED) is 0.279. The van der Waals surface area contributed by atoms with Crippen LogP contribution in [0.5, 0.6) is 5.75 Å². The number of anilines is 1. The van der Waals surface area contributed by atoms with Crippen LogP contribution in [0, 0.1) is 0 Å². The number of amides is 2. The largest absolute Gasteiger partial charge is 0.495 e. The minimum absolute atomic E-state index is 0.0813. The number of methoxy groups -OCH3 is 1. The lowest BCUT2D eigenvalue weighted by Gasteiger charge is -2.34. The van der Waals surface area contributed by atoms with Gasteiger partial charge in [-0.2, -0.15) is 0 Å². The summed E-state index contributed by atoms with van der Waals surface area (Å²) in [6.07, 6.45) is 1.13. The molecule has 0 radical (unpaired) electrons. The normalized spacial score (nSPS) is 12.1. The van der Waals surface area contributed by atoms with Crippen LogP contribution >= 0.6 is 34.8 Å². The Morgan fingerprint density at radius 2 is 1.59 bits per heavy atom. The number of nitrogens with zero attached hydrogens (tertiary/aromatic N) is 2. The maximum Gasteiger partial charge on any atom is 0.244 e. The summed E-state index contributed by atoms with van der Waals surface area (Å²) < 4.78 is 32.3. The molecule has 1 N–H and O–H groups in total. The van der Waals surface area contributed by atoms with E-state index in [1.54, 1.807) is 24.3 Å². The number of benzene rings is 3. The summed E-state index contributed by atoms with van der Waals surface area (Å²) in [5, 5.41) is 3.74. The van der Waals surface area contributed by atoms with Gasteiger partial charge in [-0.1, -0.05) is 71.2 Å². The molecule has 3 rings (SSSR count). The van der Waals surface area contributed by atoms with Gasteiger partial charge in [0.25, 0.3) is 0 Å². The zero-order valence-corrected chi connectivity index (χ0v) is 26.2. The van der Waals surface area contributed by atoms with Crippen molar-refractivity contribution in [2.75, 3.05) is 24.2 Å². The molecule has 0 aliphatic carbocycles. The summed E-state index contributed by atoms with van der Waals surface area (Å²) in [4.78, 5) is 29.1. The van der Waals surface area contributed by atoms with Crippen LogP contribution in [0.4, 0.5) is 5.69 Å². The van der Waals surface area contributed by atoms with Crippen LogP contribution in [-0.2, 0) is 32.6 Å². The Labute approximate surface area is 256 Å². The molecule has 1 atom stereocenters. The summed E-state index contributed by atoms with van der Waals surface area (Å²) in [6, 6.07) is 17.4. The lowest BCUT2D eigenvalue weighted by Crippen LogP contribution is -2.54. The average Bonchev–Trinajstić information content (AvgIpc) is 2.90. The van der Waals surface area contributed by atoms with Crippen molar-refractivity contribution in [2.45, 2.75) is 38.9 Å². The Morgan fingerprint density at radius 3 is 2.15 bits per heavy atom. The molecule has 0 spiro atoms. The van der Waals surface area contributed by atoms with Crippen LogP contribution in [0.1, 0.15) is 25.0 Å². The molecule has 0 aliphatic heterocycles. The minimum atomic E-state index is -4.01. The van der Waals surface area contributed by atoms with Gasteiger partial charge in [-0.15, -0.1) is 0 Å². The van der Waals surface area contributed by atoms with E-state index in [1.165, 1.54) is 24.1 Å². The number of ether oxygens (including phenoxy) is 1. The molecule has 220 valence electrons. The van der Waals surface area contributed by atoms with Gasteiger partial charge in [0.2, 0.25) is 21.8 Å². The van der Waals surface area contributed by atoms with Gasteiger partial charge in [0.15, 0.2) is 0 Å². The van der Waals surface area contributed by atoms with Crippen LogP contribution < -0.4 is 14.4 Å². The highest BCUT2D eigenvalue weighted by atomic mass is 35.5. The highest BCUT2D eigenvalue weighted by Crippen LogP contribution is 2.33. The number of hydrogen-bond acceptors (Lipinski definition) is 5. The molecule has 2 amide bonds. The van der Waals surface area contributed by atoms with Crippen molar-refractivity contribution >= 4 is 62.3 Å². The Kier molecular flexibility index (Phi) is 11.3. The molecular weight excluding hydrogens is 609 g/mol. The first kappa shape index (κ1) is 32.5. The summed E-state index contributed by atoms with van der Waals surface area (Å²) >= 11 is 19.1. The van der Waals surface area contributed by atoms with Crippen molar-refractivity contribution < 1.29 is 22.7 Å². The van der Waals surface area contributed by atoms with E-state index in [1.807, 2.05) is 44.2 Å². The molecule has 1 unspecified atom stereocenters. The SMILES string of the molecule is COc1ccc(Cl)cc1N(CC(=O)N(Cc1c(Cl)cccc1Cl)C(Cc1ccccc1)C(=O)NC(C)C)S(C)(=O)=O. The van der Waals surface area contributed by atoms with Crippen molar-refractivity contribution in [2.24, 2.45) is 0 Å². The van der Waals surface area contributed by atoms with E-state index in [9.17, 15) is 18.0 Å². The Morgan fingerprint density at radius 1 is 0.951 bits per heavy atom. The molecule has 0 aromatic heterocycles. The maximum absolute atomic E-state index is 14.2. The second-order valence-electron chi connectivity index (χ2n) is 9.68. The van der Waals surface area contributed by atoms with Crippen molar-refractivity contribution in [3.05, 3.63) is 92.9 Å². The summed E-state index contributed by atoms with van der Waals surface area (Å²) in [5.74, 6) is -0.869. The minimum Gasteiger partial charge on any atom is -0.495 e. The van der Waals surface area contributed by atoms with Crippen molar-refractivity contribution in [1.82, 2.24) is 10.2 Å². The van der Waals surface area contributed by atoms with Gasteiger partial charge in [0.05, 0.1) is 19.1 Å². The Balaban J connectivity index is 2.14. The van der Waals surface area contributed by atoms with Gasteiger partial charge < -0.3 is 15.0 Å². The number of nitrogens with one attached hydrogen (secondary N) is 1. The first-order valence-corrected chi connectivity index (χ1v) is 15.7. The zero-order chi connectivity index (χ0) is 30.3. The van der Waals surface area contributed by atoms with E-state index in [0.717, 1.165) is 16.1 Å². The fourth-order valence-electron chi connectivity index (χ4n) is 4.24. The molecule has 41 heavy (non-hydrogen) atoms. The van der Waals surface area contributed by atoms with Gasteiger partial charge in [0, 0.05) is 39.6 Å². The van der Waals surface area contributed by atoms with E-state index in [-0.39, 0.29) is 35.5 Å². The molecule has 0 saturated heterocycles. The van der Waals surface area contributed by atoms with Crippen molar-refractivity contribution in [3.8, 4) is 5.75 Å². The van der Waals surface area contributed by atoms with Crippen molar-refractivity contribution in [1.29, 1.82) is 0 Å². The van der Waals surface area contributed by atoms with Gasteiger partial charge in [0.1, 0.15) is 18.3 Å². The molecule has 3 aromatic carbocycles. The monoisotopic (exact) mass is 639 g/mol. The van der Waals surface area contributed by atoms with Gasteiger partial charge in [-0.3, -0.25) is 13.9 Å². The topological polar surface area (TPSA) is 96.0 Å². The number of sulfonamides is 1. The molecular formula is C29H32Cl3N3O5S. The van der Waals surface area contributed by atoms with Crippen LogP contribution in [0.25, 0.3) is 0 Å². The van der Waals surface area contributed by atoms with Crippen LogP contribution in [-0.4, -0.2) is 57.1 Å². The summed E-state index contributed by atoms with van der Waals surface area (Å²) in [5.41, 5.74) is 1.31. The van der Waals surface area contributed by atoms with E-state index >= 15 is 0 Å². The summed E-state index contributed by atoms with van der Waals surface area (Å²) in [7, 11) is -2.63. The molecule has 3 aromatic rings. The van der Waals surface area contributed by atoms with Crippen molar-refractivity contribution in [3.63, 3.8) is 0 Å². The van der Waals surface area contributed by atoms with Gasteiger partial charge in [-0.25, -0.2) is 8.42 Å². The van der Waals surface area contributed by atoms with Gasteiger partial charge >= 0.3 is 0 Å². The second-order valence-corrected chi connectivity index (χ2v) is 12.8. The maximum atomic E-state index is 14.2. The molecule has 8 nitrogen and oxygen atoms in total. The Hall–Kier alpha value is -2.98. The van der Waals surface area contributed by atoms with Crippen LogP contribution in [0.3, 0.4) is 0 Å². The van der Waals surface area contributed by atoms with E-state index in [4.69, 9.17) is 39.5 Å². The smallest absolute Gasteiger partial charge is 0.244 e. The molecule has 0 bridgehead atoms. The van der Waals surface area contributed by atoms with Crippen LogP contribution in [0.2, 0.25) is 15.1 Å². The predicted molar refractivity (Wildman–Crippen MR) is 164 cm³/mol. The van der Waals surface area contributed by atoms with Crippen LogP contribution in [0.15, 0.2) is 66.7 Å². The highest BCUT2D eigenvalue weighted by molar-refractivity contribution is 7.92. The number of carbonyl (C=O) groups is 2. The predicted octanol–water partition coefficient (Wildman–Crippen LogP) is 5.59. The standard InChI is InChI=1S/C29H32Cl3N3O5S/c1-19(2)33-29(37)26(15-20-9-6-5-7-10-20)34(17-22-23(31)11-8-12-24(22)32)28(36)18-35(41(4,38)39)25-16-21(30)13-14-27(25)40-3/h5-14,16,19,26H,15,17-18H2,1-4H3,(H,33,37). The van der Waals surface area contributed by atoms with E-state index < -0.39 is 34.4 Å². The second kappa shape index (κ2) is 14.3. The lowest BCUT2D eigenvalue weighted by atomic mass is 10.0. The fraction of sp³-hybridized carbons (Fsp3) is 0.310. The Bertz CT molecular complexity index is 1470. The molecule has 0 fully saturated rings. The molecule has 0 heterocycles. The number of halogens is 3. The highest BCUT2D eigenvalue weighted by Gasteiger charge is 2.34. The zero-order valence-electron chi connectivity index (χ0n) is 23.1. The van der Waals surface area contributed by atoms with E-state index in [0.29, 0.717) is 15.6 Å². The lowest BCUT2D eigenvalue weighted by molar-refractivity contribution is -0.140. The number of hydrogen-bond donors (Lipinski definition) is 1. The van der Waals surface area contributed by atoms with Gasteiger partial charge in [-0.05, 0) is 49.7 Å². The molecule has 0 saturated carbocycles. The number of rotatable bonds is 12. The molecule has 12 heteroatoms. The third-order valence-electron chi connectivity index (χ3n) is 6.18. The first-order valence-electron chi connectivity index (χ1n) is 12.7. The number of carbonyl (C=O) groups excluding carboxylic acids is 2. The average molecular weight is 641 g/mol. The van der Waals surface area contributed by atoms with E-state index in [2.05, 4.69) is 5.32 Å². The third-order valence-corrected chi connectivity index (χ3v) is 8.25. The third kappa shape index (κ3) is 8.75.